The zero-order valence-corrected chi connectivity index (χ0v) is 7.71. The number of nitrogens with zero attached hydrogens (tertiary/aromatic N) is 2. The minimum Gasteiger partial charge on any atom is -0.308 e. The second kappa shape index (κ2) is 4.07. The van der Waals surface area contributed by atoms with E-state index in [9.17, 15) is 0 Å². The third-order valence-electron chi connectivity index (χ3n) is 2.36. The largest absolute Gasteiger partial charge is 0.308 e. The molecule has 1 fully saturated rings. The average Bonchev–Trinajstić information content (AvgIpc) is 2.34. The van der Waals surface area contributed by atoms with Crippen molar-refractivity contribution in [3.05, 3.63) is 6.92 Å². The highest BCUT2D eigenvalue weighted by atomic mass is 15.2. The van der Waals surface area contributed by atoms with Crippen molar-refractivity contribution in [2.24, 2.45) is 0 Å². The third-order valence-corrected chi connectivity index (χ3v) is 2.36. The van der Waals surface area contributed by atoms with E-state index in [0.29, 0.717) is 0 Å². The van der Waals surface area contributed by atoms with Crippen LogP contribution in [0.5, 0.6) is 0 Å². The molecule has 1 saturated heterocycles. The van der Waals surface area contributed by atoms with Gasteiger partial charge in [0.25, 0.3) is 0 Å². The predicted molar refractivity (Wildman–Crippen MR) is 48.5 cm³/mol. The van der Waals surface area contributed by atoms with Gasteiger partial charge in [-0.3, -0.25) is 4.90 Å². The van der Waals surface area contributed by atoms with Gasteiger partial charge in [0.2, 0.25) is 0 Å². The Morgan fingerprint density at radius 3 is 2.82 bits per heavy atom. The Balaban J connectivity index is 2.31. The molecule has 1 unspecified atom stereocenters. The molecule has 0 aromatic rings. The molecule has 1 radical (unpaired) electrons. The van der Waals surface area contributed by atoms with Crippen LogP contribution in [0.4, 0.5) is 0 Å². The highest BCUT2D eigenvalue weighted by Crippen LogP contribution is 2.16. The number of likely N-dealkylation sites (tertiary alicyclic amines) is 1. The molecule has 1 aliphatic heterocycles. The van der Waals surface area contributed by atoms with Crippen molar-refractivity contribution in [3.63, 3.8) is 0 Å². The molecule has 0 aromatic heterocycles. The van der Waals surface area contributed by atoms with E-state index >= 15 is 0 Å². The predicted octanol–water partition coefficient (Wildman–Crippen LogP) is 0.846. The van der Waals surface area contributed by atoms with Crippen molar-refractivity contribution < 1.29 is 0 Å². The lowest BCUT2D eigenvalue weighted by Gasteiger charge is -2.25. The van der Waals surface area contributed by atoms with Crippen molar-refractivity contribution in [1.29, 1.82) is 0 Å². The minimum absolute atomic E-state index is 0.766. The zero-order valence-electron chi connectivity index (χ0n) is 7.71. The van der Waals surface area contributed by atoms with Gasteiger partial charge in [-0.25, -0.2) is 0 Å². The molecule has 1 rings (SSSR count). The Morgan fingerprint density at radius 1 is 1.55 bits per heavy atom. The summed E-state index contributed by atoms with van der Waals surface area (Å²) >= 11 is 0. The first-order valence-electron chi connectivity index (χ1n) is 4.42. The Bertz CT molecular complexity index is 112. The SMILES string of the molecule is [CH2]CN1CCCC1CN(C)C. The van der Waals surface area contributed by atoms with E-state index < -0.39 is 0 Å². The zero-order chi connectivity index (χ0) is 8.27. The van der Waals surface area contributed by atoms with Gasteiger partial charge in [0, 0.05) is 12.6 Å². The number of likely N-dealkylation sites (N-methyl/N-ethyl adjacent to an activating group) is 1. The van der Waals surface area contributed by atoms with E-state index in [1.54, 1.807) is 0 Å². The molecule has 0 amide bonds. The van der Waals surface area contributed by atoms with E-state index in [4.69, 9.17) is 0 Å². The Morgan fingerprint density at radius 2 is 2.27 bits per heavy atom. The molecule has 0 saturated carbocycles. The Labute approximate surface area is 70.2 Å². The first-order chi connectivity index (χ1) is 5.24. The van der Waals surface area contributed by atoms with Crippen molar-refractivity contribution in [1.82, 2.24) is 9.80 Å². The molecule has 1 aliphatic rings. The topological polar surface area (TPSA) is 6.48 Å². The van der Waals surface area contributed by atoms with Gasteiger partial charge in [-0.1, -0.05) is 0 Å². The number of rotatable bonds is 3. The fourth-order valence-corrected chi connectivity index (χ4v) is 1.82. The normalized spacial score (nSPS) is 26.7. The molecule has 1 heterocycles. The lowest BCUT2D eigenvalue weighted by Crippen LogP contribution is -2.37. The van der Waals surface area contributed by atoms with E-state index in [1.165, 1.54) is 25.9 Å². The van der Waals surface area contributed by atoms with Crippen LogP contribution in [-0.2, 0) is 0 Å². The molecular formula is C9H19N2. The molecule has 0 aromatic carbocycles. The van der Waals surface area contributed by atoms with E-state index in [0.717, 1.165) is 12.6 Å². The summed E-state index contributed by atoms with van der Waals surface area (Å²) in [6, 6.07) is 0.766. The first-order valence-corrected chi connectivity index (χ1v) is 4.42. The summed E-state index contributed by atoms with van der Waals surface area (Å²) in [5.74, 6) is 0. The van der Waals surface area contributed by atoms with Crippen LogP contribution in [-0.4, -0.2) is 49.6 Å². The number of hydrogen-bond acceptors (Lipinski definition) is 2. The van der Waals surface area contributed by atoms with Crippen LogP contribution in [0.2, 0.25) is 0 Å². The van der Waals surface area contributed by atoms with Crippen molar-refractivity contribution >= 4 is 0 Å². The van der Waals surface area contributed by atoms with Crippen LogP contribution in [0.1, 0.15) is 12.8 Å². The smallest absolute Gasteiger partial charge is 0.0223 e. The molecule has 0 spiro atoms. The lowest BCUT2D eigenvalue weighted by molar-refractivity contribution is 0.224. The maximum Gasteiger partial charge on any atom is 0.0223 e. The van der Waals surface area contributed by atoms with Crippen LogP contribution in [0.25, 0.3) is 0 Å². The summed E-state index contributed by atoms with van der Waals surface area (Å²) in [6.07, 6.45) is 2.71. The molecule has 0 aliphatic carbocycles. The monoisotopic (exact) mass is 155 g/mol. The molecule has 1 atom stereocenters. The maximum atomic E-state index is 3.93. The molecule has 11 heavy (non-hydrogen) atoms. The van der Waals surface area contributed by atoms with E-state index in [-0.39, 0.29) is 0 Å². The third kappa shape index (κ3) is 2.46. The Hall–Kier alpha value is -0.0800. The van der Waals surface area contributed by atoms with Gasteiger partial charge in [-0.15, -0.1) is 0 Å². The van der Waals surface area contributed by atoms with Crippen LogP contribution < -0.4 is 0 Å². The van der Waals surface area contributed by atoms with Crippen LogP contribution >= 0.6 is 0 Å². The van der Waals surface area contributed by atoms with Gasteiger partial charge >= 0.3 is 0 Å². The molecule has 2 nitrogen and oxygen atoms in total. The fraction of sp³-hybridized carbons (Fsp3) is 0.889. The molecule has 0 bridgehead atoms. The van der Waals surface area contributed by atoms with Gasteiger partial charge in [0.1, 0.15) is 0 Å². The van der Waals surface area contributed by atoms with Crippen LogP contribution in [0, 0.1) is 6.92 Å². The molecular weight excluding hydrogens is 136 g/mol. The lowest BCUT2D eigenvalue weighted by atomic mass is 10.2. The summed E-state index contributed by atoms with van der Waals surface area (Å²) in [5, 5.41) is 0. The second-order valence-corrected chi connectivity index (χ2v) is 3.59. The second-order valence-electron chi connectivity index (χ2n) is 3.59. The first kappa shape index (κ1) is 9.01. The highest BCUT2D eigenvalue weighted by molar-refractivity contribution is 4.80. The quantitative estimate of drug-likeness (QED) is 0.596. The summed E-state index contributed by atoms with van der Waals surface area (Å²) in [4.78, 5) is 4.73. The highest BCUT2D eigenvalue weighted by Gasteiger charge is 2.22. The maximum absolute atomic E-state index is 3.93. The summed E-state index contributed by atoms with van der Waals surface area (Å²) in [7, 11) is 4.28. The molecule has 65 valence electrons. The van der Waals surface area contributed by atoms with Gasteiger partial charge in [-0.05, 0) is 47.0 Å². The van der Waals surface area contributed by atoms with Crippen LogP contribution in [0.15, 0.2) is 0 Å². The Kier molecular flexibility index (Phi) is 3.34. The van der Waals surface area contributed by atoms with Gasteiger partial charge in [0.05, 0.1) is 0 Å². The average molecular weight is 155 g/mol. The summed E-state index contributed by atoms with van der Waals surface area (Å²) < 4.78 is 0. The summed E-state index contributed by atoms with van der Waals surface area (Å²) in [5.41, 5.74) is 0. The van der Waals surface area contributed by atoms with E-state index in [1.807, 2.05) is 0 Å². The van der Waals surface area contributed by atoms with Crippen molar-refractivity contribution in [2.45, 2.75) is 18.9 Å². The number of hydrogen-bond donors (Lipinski definition) is 0. The fourth-order valence-electron chi connectivity index (χ4n) is 1.82. The van der Waals surface area contributed by atoms with Gasteiger partial charge < -0.3 is 4.90 Å². The van der Waals surface area contributed by atoms with Gasteiger partial charge in [-0.2, -0.15) is 0 Å². The van der Waals surface area contributed by atoms with E-state index in [2.05, 4.69) is 30.8 Å². The van der Waals surface area contributed by atoms with Crippen LogP contribution in [0.3, 0.4) is 0 Å². The van der Waals surface area contributed by atoms with Crippen molar-refractivity contribution in [2.75, 3.05) is 33.7 Å². The van der Waals surface area contributed by atoms with Crippen molar-refractivity contribution in [3.8, 4) is 0 Å². The standard InChI is InChI=1S/C9H19N2/c1-4-11-7-5-6-9(11)8-10(2)3/h9H,1,4-8H2,2-3H3. The molecule has 2 heteroatoms. The molecule has 0 N–H and O–H groups in total. The van der Waals surface area contributed by atoms with Gasteiger partial charge in [0.15, 0.2) is 0 Å². The summed E-state index contributed by atoms with van der Waals surface area (Å²) in [6.45, 7) is 7.35. The minimum atomic E-state index is 0.766.